The van der Waals surface area contributed by atoms with Crippen LogP contribution in [0.5, 0.6) is 0 Å². The summed E-state index contributed by atoms with van der Waals surface area (Å²) in [6, 6.07) is 4.59. The van der Waals surface area contributed by atoms with Gasteiger partial charge < -0.3 is 0 Å². The van der Waals surface area contributed by atoms with Crippen molar-refractivity contribution in [3.63, 3.8) is 0 Å². The van der Waals surface area contributed by atoms with E-state index in [4.69, 9.17) is 0 Å². The molecule has 0 N–H and O–H groups in total. The fourth-order valence-electron chi connectivity index (χ4n) is 3.67. The molecule has 4 rings (SSSR count). The van der Waals surface area contributed by atoms with E-state index in [0.29, 0.717) is 28.7 Å². The zero-order chi connectivity index (χ0) is 28.9. The van der Waals surface area contributed by atoms with Gasteiger partial charge in [-0.05, 0) is 36.8 Å². The van der Waals surface area contributed by atoms with Crippen molar-refractivity contribution in [2.45, 2.75) is 32.0 Å². The van der Waals surface area contributed by atoms with Gasteiger partial charge >= 0.3 is 18.5 Å². The molecule has 2 aromatic carbocycles. The van der Waals surface area contributed by atoms with Crippen LogP contribution in [-0.4, -0.2) is 29.5 Å². The van der Waals surface area contributed by atoms with Crippen LogP contribution in [0.1, 0.15) is 28.1 Å². The van der Waals surface area contributed by atoms with Gasteiger partial charge in [0.05, 0.1) is 28.8 Å². The molecule has 0 amide bonds. The molecule has 4 aromatic rings. The van der Waals surface area contributed by atoms with Crippen molar-refractivity contribution in [1.29, 1.82) is 0 Å². The molecule has 0 saturated heterocycles. The van der Waals surface area contributed by atoms with Crippen LogP contribution in [0.25, 0.3) is 16.9 Å². The van der Waals surface area contributed by atoms with E-state index in [2.05, 4.69) is 15.2 Å². The highest BCUT2D eigenvalue weighted by Crippen LogP contribution is 2.39. The van der Waals surface area contributed by atoms with E-state index in [1.165, 1.54) is 25.1 Å². The Labute approximate surface area is 211 Å². The first kappa shape index (κ1) is 27.6. The van der Waals surface area contributed by atoms with Crippen LogP contribution in [0, 0.1) is 17.0 Å². The Bertz CT molecular complexity index is 1520. The average Bonchev–Trinajstić information content (AvgIpc) is 3.45. The van der Waals surface area contributed by atoms with Gasteiger partial charge in [-0.25, -0.2) is 9.67 Å². The Balaban J connectivity index is 1.89. The summed E-state index contributed by atoms with van der Waals surface area (Å²) in [6.07, 6.45) is -13.7. The summed E-state index contributed by atoms with van der Waals surface area (Å²) in [5, 5.41) is 18.3. The second-order valence-corrected chi connectivity index (χ2v) is 8.24. The van der Waals surface area contributed by atoms with E-state index < -0.39 is 57.3 Å². The highest BCUT2D eigenvalue weighted by Gasteiger charge is 2.38. The molecule has 0 atom stereocenters. The summed E-state index contributed by atoms with van der Waals surface area (Å²) < 4.78 is 121. The van der Waals surface area contributed by atoms with Crippen molar-refractivity contribution >= 4 is 5.69 Å². The van der Waals surface area contributed by atoms with E-state index in [1.807, 2.05) is 0 Å². The lowest BCUT2D eigenvalue weighted by Crippen LogP contribution is -2.11. The Morgan fingerprint density at radius 1 is 0.872 bits per heavy atom. The fourth-order valence-corrected chi connectivity index (χ4v) is 3.67. The molecule has 0 saturated carbocycles. The number of nitrogens with zero attached hydrogens (tertiary/aromatic N) is 6. The van der Waals surface area contributed by atoms with Gasteiger partial charge in [0.1, 0.15) is 17.7 Å². The number of aryl methyl sites for hydroxylation is 1. The molecule has 39 heavy (non-hydrogen) atoms. The zero-order valence-electron chi connectivity index (χ0n) is 19.2. The van der Waals surface area contributed by atoms with Crippen LogP contribution in [0.2, 0.25) is 0 Å². The molecule has 8 nitrogen and oxygen atoms in total. The average molecular weight is 564 g/mol. The third-order valence-electron chi connectivity index (χ3n) is 5.40. The van der Waals surface area contributed by atoms with Crippen LogP contribution in [0.3, 0.4) is 0 Å². The lowest BCUT2D eigenvalue weighted by Gasteiger charge is -2.14. The molecule has 0 bridgehead atoms. The van der Waals surface area contributed by atoms with Gasteiger partial charge in [0, 0.05) is 17.2 Å². The third-order valence-corrected chi connectivity index (χ3v) is 5.40. The van der Waals surface area contributed by atoms with Crippen LogP contribution in [0.15, 0.2) is 48.9 Å². The topological polar surface area (TPSA) is 91.7 Å². The Hall–Kier alpha value is -4.44. The van der Waals surface area contributed by atoms with Crippen LogP contribution in [-0.2, 0) is 25.1 Å². The smallest absolute Gasteiger partial charge is 0.265 e. The summed E-state index contributed by atoms with van der Waals surface area (Å²) in [7, 11) is 0. The van der Waals surface area contributed by atoms with Crippen molar-refractivity contribution in [3.8, 4) is 16.9 Å². The number of benzene rings is 2. The molecular formula is C22H13F9N6O2. The van der Waals surface area contributed by atoms with Crippen molar-refractivity contribution in [1.82, 2.24) is 24.5 Å². The second-order valence-electron chi connectivity index (χ2n) is 8.24. The minimum Gasteiger partial charge on any atom is -0.265 e. The maximum absolute atomic E-state index is 13.4. The van der Waals surface area contributed by atoms with Gasteiger partial charge in [-0.15, -0.1) is 5.10 Å². The number of aromatic nitrogens is 5. The van der Waals surface area contributed by atoms with E-state index in [0.717, 1.165) is 10.9 Å². The first-order valence-electron chi connectivity index (χ1n) is 10.5. The molecule has 2 aromatic heterocycles. The van der Waals surface area contributed by atoms with Gasteiger partial charge in [0.2, 0.25) is 0 Å². The number of nitro groups is 1. The predicted molar refractivity (Wildman–Crippen MR) is 115 cm³/mol. The lowest BCUT2D eigenvalue weighted by atomic mass is 10.0. The normalized spacial score (nSPS) is 12.7. The number of alkyl halides is 9. The van der Waals surface area contributed by atoms with E-state index in [-0.39, 0.29) is 23.9 Å². The van der Waals surface area contributed by atoms with Crippen LogP contribution < -0.4 is 0 Å². The Morgan fingerprint density at radius 2 is 1.49 bits per heavy atom. The third kappa shape index (κ3) is 5.85. The van der Waals surface area contributed by atoms with E-state index >= 15 is 0 Å². The number of hydrogen-bond acceptors (Lipinski definition) is 5. The molecule has 2 heterocycles. The number of hydrogen-bond donors (Lipinski definition) is 0. The van der Waals surface area contributed by atoms with Crippen LogP contribution >= 0.6 is 0 Å². The van der Waals surface area contributed by atoms with Crippen molar-refractivity contribution < 1.29 is 44.4 Å². The standard InChI is InChI=1S/C22H13F9N6O2/c1-11-4-12(2-3-16(11)37(38)39)8-35-9-17(36-10-32-19(34-36)22(29,30)31)18(33-35)13-5-14(20(23,24)25)7-15(6-13)21(26,27)28/h2-7,9-10H,8H2,1H3. The molecule has 0 aliphatic heterocycles. The van der Waals surface area contributed by atoms with Crippen molar-refractivity contribution in [2.24, 2.45) is 0 Å². The van der Waals surface area contributed by atoms with Crippen molar-refractivity contribution in [3.05, 3.63) is 87.1 Å². The molecule has 206 valence electrons. The number of rotatable bonds is 5. The summed E-state index contributed by atoms with van der Waals surface area (Å²) in [5.41, 5.74) is -4.52. The van der Waals surface area contributed by atoms with Gasteiger partial charge in [-0.1, -0.05) is 6.07 Å². The van der Waals surface area contributed by atoms with Gasteiger partial charge in [-0.3, -0.25) is 14.8 Å². The summed E-state index contributed by atoms with van der Waals surface area (Å²) >= 11 is 0. The summed E-state index contributed by atoms with van der Waals surface area (Å²) in [5.74, 6) is -1.60. The number of halogens is 9. The molecule has 0 fully saturated rings. The molecular weight excluding hydrogens is 551 g/mol. The summed E-state index contributed by atoms with van der Waals surface area (Å²) in [6.45, 7) is 1.24. The Kier molecular flexibility index (Phi) is 6.64. The maximum Gasteiger partial charge on any atom is 0.453 e. The van der Waals surface area contributed by atoms with Gasteiger partial charge in [0.25, 0.3) is 11.5 Å². The highest BCUT2D eigenvalue weighted by molar-refractivity contribution is 5.70. The molecule has 0 aliphatic rings. The zero-order valence-corrected chi connectivity index (χ0v) is 19.2. The predicted octanol–water partition coefficient (Wildman–Crippen LogP) is 6.45. The second kappa shape index (κ2) is 9.39. The fraction of sp³-hybridized carbons (Fsp3) is 0.227. The van der Waals surface area contributed by atoms with E-state index in [1.54, 1.807) is 0 Å². The minimum atomic E-state index is -5.19. The lowest BCUT2D eigenvalue weighted by molar-refractivity contribution is -0.385. The molecule has 0 radical (unpaired) electrons. The largest absolute Gasteiger partial charge is 0.453 e. The minimum absolute atomic E-state index is 0.100. The monoisotopic (exact) mass is 564 g/mol. The van der Waals surface area contributed by atoms with Gasteiger partial charge in [0.15, 0.2) is 0 Å². The summed E-state index contributed by atoms with van der Waals surface area (Å²) in [4.78, 5) is 13.5. The molecule has 0 aliphatic carbocycles. The first-order valence-corrected chi connectivity index (χ1v) is 10.5. The van der Waals surface area contributed by atoms with Gasteiger partial charge in [-0.2, -0.15) is 44.6 Å². The first-order chi connectivity index (χ1) is 17.9. The SMILES string of the molecule is Cc1cc(Cn2cc(-n3cnc(C(F)(F)F)n3)c(-c3cc(C(F)(F)F)cc(C(F)(F)F)c3)n2)ccc1[N+](=O)[O-]. The molecule has 0 unspecified atom stereocenters. The number of nitro benzene ring substituents is 1. The Morgan fingerprint density at radius 3 is 1.97 bits per heavy atom. The quantitative estimate of drug-likeness (QED) is 0.158. The molecule has 0 spiro atoms. The highest BCUT2D eigenvalue weighted by atomic mass is 19.4. The van der Waals surface area contributed by atoms with Crippen LogP contribution in [0.4, 0.5) is 45.2 Å². The maximum atomic E-state index is 13.4. The van der Waals surface area contributed by atoms with E-state index in [9.17, 15) is 49.6 Å². The molecule has 17 heteroatoms. The van der Waals surface area contributed by atoms with Crippen molar-refractivity contribution in [2.75, 3.05) is 0 Å².